The summed E-state index contributed by atoms with van der Waals surface area (Å²) in [5.74, 6) is -0.447. The zero-order valence-electron chi connectivity index (χ0n) is 7.48. The van der Waals surface area contributed by atoms with Gasteiger partial charge >= 0.3 is 0 Å². The maximum atomic E-state index is 8.79. The molecule has 1 fully saturated rings. The van der Waals surface area contributed by atoms with E-state index in [0.29, 0.717) is 0 Å². The Morgan fingerprint density at radius 3 is 1.79 bits per heavy atom. The molecular weight excluding hydrogens is 180 g/mol. The highest BCUT2D eigenvalue weighted by Gasteiger charge is 2.56. The SMILES string of the molecule is CC1CC(C#N)(C#N)OC1(C#N)C#N. The molecule has 0 radical (unpaired) electrons. The van der Waals surface area contributed by atoms with E-state index in [-0.39, 0.29) is 6.42 Å². The first-order valence-electron chi connectivity index (χ1n) is 3.93. The monoisotopic (exact) mass is 186 g/mol. The van der Waals surface area contributed by atoms with Gasteiger partial charge in [-0.05, 0) is 0 Å². The number of nitriles is 4. The van der Waals surface area contributed by atoms with Crippen molar-refractivity contribution in [2.24, 2.45) is 5.92 Å². The minimum Gasteiger partial charge on any atom is -0.312 e. The van der Waals surface area contributed by atoms with Crippen molar-refractivity contribution in [2.45, 2.75) is 24.5 Å². The van der Waals surface area contributed by atoms with Gasteiger partial charge in [0, 0.05) is 12.3 Å². The van der Waals surface area contributed by atoms with Crippen LogP contribution in [0.15, 0.2) is 0 Å². The summed E-state index contributed by atoms with van der Waals surface area (Å²) in [6.45, 7) is 1.61. The van der Waals surface area contributed by atoms with E-state index < -0.39 is 17.1 Å². The van der Waals surface area contributed by atoms with Crippen molar-refractivity contribution in [3.8, 4) is 24.3 Å². The van der Waals surface area contributed by atoms with Gasteiger partial charge in [0.1, 0.15) is 24.3 Å². The zero-order chi connectivity index (χ0) is 10.8. The van der Waals surface area contributed by atoms with E-state index in [1.807, 2.05) is 0 Å². The van der Waals surface area contributed by atoms with E-state index in [2.05, 4.69) is 0 Å². The highest BCUT2D eigenvalue weighted by Crippen LogP contribution is 2.41. The Balaban J connectivity index is 3.16. The molecule has 1 atom stereocenters. The maximum absolute atomic E-state index is 8.79. The smallest absolute Gasteiger partial charge is 0.246 e. The van der Waals surface area contributed by atoms with Crippen LogP contribution < -0.4 is 0 Å². The third kappa shape index (κ3) is 1.09. The number of hydrogen-bond donors (Lipinski definition) is 0. The first-order chi connectivity index (χ1) is 6.58. The second-order valence-electron chi connectivity index (χ2n) is 3.22. The molecule has 1 aliphatic rings. The highest BCUT2D eigenvalue weighted by atomic mass is 16.5. The number of rotatable bonds is 0. The van der Waals surface area contributed by atoms with Gasteiger partial charge in [0.25, 0.3) is 0 Å². The normalized spacial score (nSPS) is 26.5. The molecular formula is C9H6N4O. The van der Waals surface area contributed by atoms with Crippen molar-refractivity contribution < 1.29 is 4.74 Å². The number of nitrogens with zero attached hydrogens (tertiary/aromatic N) is 4. The largest absolute Gasteiger partial charge is 0.312 e. The molecule has 5 heteroatoms. The van der Waals surface area contributed by atoms with Gasteiger partial charge in [-0.25, -0.2) is 0 Å². The lowest BCUT2D eigenvalue weighted by Crippen LogP contribution is -2.33. The lowest BCUT2D eigenvalue weighted by molar-refractivity contribution is 0.0123. The van der Waals surface area contributed by atoms with Crippen LogP contribution in [0.2, 0.25) is 0 Å². The van der Waals surface area contributed by atoms with Gasteiger partial charge < -0.3 is 4.74 Å². The molecule has 1 unspecified atom stereocenters. The summed E-state index contributed by atoms with van der Waals surface area (Å²) < 4.78 is 5.00. The standard InChI is InChI=1S/C9H6N4O/c1-7-2-8(3-10,4-11)14-9(7,5-12)6-13/h7H,2H2,1H3. The fourth-order valence-electron chi connectivity index (χ4n) is 1.44. The van der Waals surface area contributed by atoms with Crippen LogP contribution in [0, 0.1) is 51.2 Å². The Bertz CT molecular complexity index is 386. The topological polar surface area (TPSA) is 104 Å². The van der Waals surface area contributed by atoms with E-state index in [1.54, 1.807) is 31.2 Å². The van der Waals surface area contributed by atoms with Crippen molar-refractivity contribution in [2.75, 3.05) is 0 Å². The van der Waals surface area contributed by atoms with Gasteiger partial charge in [0.05, 0.1) is 0 Å². The maximum Gasteiger partial charge on any atom is 0.246 e. The summed E-state index contributed by atoms with van der Waals surface area (Å²) in [6, 6.07) is 6.82. The molecule has 0 aromatic rings. The van der Waals surface area contributed by atoms with Crippen molar-refractivity contribution in [3.63, 3.8) is 0 Å². The van der Waals surface area contributed by atoms with Crippen LogP contribution >= 0.6 is 0 Å². The molecule has 0 saturated carbocycles. The Hall–Kier alpha value is -2.08. The van der Waals surface area contributed by atoms with Gasteiger partial charge in [-0.3, -0.25) is 0 Å². The lowest BCUT2D eigenvalue weighted by atomic mass is 9.88. The molecule has 1 aliphatic heterocycles. The lowest BCUT2D eigenvalue weighted by Gasteiger charge is -2.16. The Morgan fingerprint density at radius 1 is 1.07 bits per heavy atom. The van der Waals surface area contributed by atoms with Crippen molar-refractivity contribution in [3.05, 3.63) is 0 Å². The Morgan fingerprint density at radius 2 is 1.57 bits per heavy atom. The van der Waals surface area contributed by atoms with Gasteiger partial charge in [0.2, 0.25) is 11.2 Å². The number of ether oxygens (including phenoxy) is 1. The summed E-state index contributed by atoms with van der Waals surface area (Å²) in [7, 11) is 0. The molecule has 0 aliphatic carbocycles. The fraction of sp³-hybridized carbons (Fsp3) is 0.556. The first kappa shape index (κ1) is 10.0. The molecule has 0 aromatic carbocycles. The molecule has 1 heterocycles. The zero-order valence-corrected chi connectivity index (χ0v) is 7.48. The summed E-state index contributed by atoms with van der Waals surface area (Å²) in [5.41, 5.74) is -3.31. The molecule has 1 rings (SSSR count). The molecule has 0 amide bonds. The molecule has 0 spiro atoms. The van der Waals surface area contributed by atoms with Crippen LogP contribution in [0.1, 0.15) is 13.3 Å². The van der Waals surface area contributed by atoms with Crippen molar-refractivity contribution in [1.82, 2.24) is 0 Å². The minimum atomic E-state index is -1.66. The second-order valence-corrected chi connectivity index (χ2v) is 3.22. The quantitative estimate of drug-likeness (QED) is 0.551. The Labute approximate surface area is 81.3 Å². The average Bonchev–Trinajstić information content (AvgIpc) is 2.53. The first-order valence-corrected chi connectivity index (χ1v) is 3.93. The Kier molecular flexibility index (Phi) is 2.15. The third-order valence-electron chi connectivity index (χ3n) is 2.32. The average molecular weight is 186 g/mol. The summed E-state index contributed by atoms with van der Waals surface area (Å²) in [6.07, 6.45) is 0.0844. The minimum absolute atomic E-state index is 0.0844. The van der Waals surface area contributed by atoms with E-state index in [9.17, 15) is 0 Å². The van der Waals surface area contributed by atoms with Crippen LogP contribution in [0.3, 0.4) is 0 Å². The molecule has 68 valence electrons. The summed E-state index contributed by atoms with van der Waals surface area (Å²) in [5, 5.41) is 35.1. The highest BCUT2D eigenvalue weighted by molar-refractivity contribution is 5.32. The predicted molar refractivity (Wildman–Crippen MR) is 42.8 cm³/mol. The van der Waals surface area contributed by atoms with Crippen LogP contribution in [0.5, 0.6) is 0 Å². The van der Waals surface area contributed by atoms with E-state index in [1.165, 1.54) is 0 Å². The van der Waals surface area contributed by atoms with Crippen LogP contribution in [0.25, 0.3) is 0 Å². The second kappa shape index (κ2) is 3.00. The van der Waals surface area contributed by atoms with Crippen LogP contribution in [-0.2, 0) is 4.74 Å². The summed E-state index contributed by atoms with van der Waals surface area (Å²) in [4.78, 5) is 0. The van der Waals surface area contributed by atoms with Crippen molar-refractivity contribution >= 4 is 0 Å². The third-order valence-corrected chi connectivity index (χ3v) is 2.32. The van der Waals surface area contributed by atoms with Gasteiger partial charge in [-0.1, -0.05) is 6.92 Å². The van der Waals surface area contributed by atoms with E-state index >= 15 is 0 Å². The molecule has 1 saturated heterocycles. The van der Waals surface area contributed by atoms with Crippen molar-refractivity contribution in [1.29, 1.82) is 21.0 Å². The van der Waals surface area contributed by atoms with Gasteiger partial charge in [-0.2, -0.15) is 21.0 Å². The number of hydrogen-bond acceptors (Lipinski definition) is 5. The van der Waals surface area contributed by atoms with Gasteiger partial charge in [0.15, 0.2) is 0 Å². The molecule has 14 heavy (non-hydrogen) atoms. The summed E-state index contributed by atoms with van der Waals surface area (Å²) >= 11 is 0. The predicted octanol–water partition coefficient (Wildman–Crippen LogP) is 0.615. The van der Waals surface area contributed by atoms with E-state index in [4.69, 9.17) is 25.8 Å². The molecule has 0 N–H and O–H groups in total. The van der Waals surface area contributed by atoms with Crippen LogP contribution in [-0.4, -0.2) is 11.2 Å². The van der Waals surface area contributed by atoms with E-state index in [0.717, 1.165) is 0 Å². The molecule has 0 bridgehead atoms. The fourth-order valence-corrected chi connectivity index (χ4v) is 1.44. The molecule has 0 aromatic heterocycles. The van der Waals surface area contributed by atoms with Gasteiger partial charge in [-0.15, -0.1) is 0 Å². The van der Waals surface area contributed by atoms with Crippen LogP contribution in [0.4, 0.5) is 0 Å². The molecule has 5 nitrogen and oxygen atoms in total.